The van der Waals surface area contributed by atoms with E-state index in [0.29, 0.717) is 44.9 Å². The zero-order chi connectivity index (χ0) is 21.0. The van der Waals surface area contributed by atoms with Crippen LogP contribution in [0.3, 0.4) is 0 Å². The van der Waals surface area contributed by atoms with Gasteiger partial charge in [0, 0.05) is 55.8 Å². The van der Waals surface area contributed by atoms with Gasteiger partial charge in [0.05, 0.1) is 10.7 Å². The second-order valence-electron chi connectivity index (χ2n) is 9.08. The van der Waals surface area contributed by atoms with E-state index >= 15 is 0 Å². The molecule has 29 heavy (non-hydrogen) atoms. The molecule has 3 fully saturated rings. The first-order valence-electron chi connectivity index (χ1n) is 10.1. The lowest BCUT2D eigenvalue weighted by Gasteiger charge is -2.40. The molecule has 0 radical (unpaired) electrons. The third-order valence-corrected chi connectivity index (χ3v) is 9.64. The van der Waals surface area contributed by atoms with Crippen LogP contribution in [0.25, 0.3) is 0 Å². The fraction of sp³-hybridized carbons (Fsp3) is 0.650. The molecule has 2 saturated carbocycles. The van der Waals surface area contributed by atoms with Crippen LogP contribution < -0.4 is 4.90 Å². The molecular weight excluding hydrogens is 394 g/mol. The molecule has 0 aromatic heterocycles. The van der Waals surface area contributed by atoms with E-state index in [1.807, 2.05) is 4.90 Å². The lowest BCUT2D eigenvalue weighted by Crippen LogP contribution is -2.52. The van der Waals surface area contributed by atoms with Gasteiger partial charge >= 0.3 is 0 Å². The number of rotatable bonds is 5. The van der Waals surface area contributed by atoms with Crippen molar-refractivity contribution >= 4 is 27.2 Å². The van der Waals surface area contributed by atoms with Crippen molar-refractivity contribution in [3.63, 3.8) is 0 Å². The van der Waals surface area contributed by atoms with Gasteiger partial charge in [-0.25, -0.2) is 8.42 Å². The number of fused-ring (bicyclic) bond motifs is 2. The minimum atomic E-state index is -3.54. The Bertz CT molecular complexity index is 935. The molecule has 0 N–H and O–H groups in total. The molecule has 1 aromatic carbocycles. The Balaban J connectivity index is 1.44. The molecule has 2 aliphatic carbocycles. The van der Waals surface area contributed by atoms with Crippen molar-refractivity contribution in [1.82, 2.24) is 4.31 Å². The molecule has 9 heteroatoms. The fourth-order valence-corrected chi connectivity index (χ4v) is 7.72. The van der Waals surface area contributed by atoms with Gasteiger partial charge in [-0.15, -0.1) is 0 Å². The molecular formula is C20H27N3O5S. The van der Waals surface area contributed by atoms with Gasteiger partial charge in [0.15, 0.2) is 0 Å². The van der Waals surface area contributed by atoms with Gasteiger partial charge in [0.1, 0.15) is 5.78 Å². The summed E-state index contributed by atoms with van der Waals surface area (Å²) in [5.41, 5.74) is -0.131. The molecule has 1 unspecified atom stereocenters. The largest absolute Gasteiger partial charge is 0.369 e. The highest BCUT2D eigenvalue weighted by Gasteiger charge is 2.65. The van der Waals surface area contributed by atoms with E-state index in [-0.39, 0.29) is 22.6 Å². The Morgan fingerprint density at radius 1 is 1.14 bits per heavy atom. The first-order valence-corrected chi connectivity index (χ1v) is 11.7. The summed E-state index contributed by atoms with van der Waals surface area (Å²) in [7, 11) is -3.54. The fourth-order valence-electron chi connectivity index (χ4n) is 5.52. The topological polar surface area (TPSA) is 101 Å². The van der Waals surface area contributed by atoms with E-state index < -0.39 is 20.4 Å². The Hall–Kier alpha value is -2.00. The van der Waals surface area contributed by atoms with Gasteiger partial charge in [0.25, 0.3) is 5.69 Å². The molecule has 1 saturated heterocycles. The predicted molar refractivity (Wildman–Crippen MR) is 109 cm³/mol. The van der Waals surface area contributed by atoms with Crippen molar-refractivity contribution < 1.29 is 18.1 Å². The van der Waals surface area contributed by atoms with Crippen molar-refractivity contribution in [2.45, 2.75) is 33.1 Å². The first kappa shape index (κ1) is 20.3. The maximum Gasteiger partial charge on any atom is 0.269 e. The van der Waals surface area contributed by atoms with Gasteiger partial charge in [-0.3, -0.25) is 14.9 Å². The summed E-state index contributed by atoms with van der Waals surface area (Å²) in [6.07, 6.45) is 2.12. The lowest BCUT2D eigenvalue weighted by molar-refractivity contribution is -0.384. The van der Waals surface area contributed by atoms with Gasteiger partial charge in [-0.1, -0.05) is 13.8 Å². The van der Waals surface area contributed by atoms with Crippen LogP contribution in [0.5, 0.6) is 0 Å². The number of benzene rings is 1. The number of sulfonamides is 1. The number of nitro benzene ring substituents is 1. The minimum Gasteiger partial charge on any atom is -0.369 e. The number of carbonyl (C=O) groups excluding carboxylic acids is 1. The molecule has 1 aromatic rings. The van der Waals surface area contributed by atoms with E-state index in [1.54, 1.807) is 12.1 Å². The summed E-state index contributed by atoms with van der Waals surface area (Å²) < 4.78 is 27.9. The quantitative estimate of drug-likeness (QED) is 0.535. The third-order valence-electron chi connectivity index (χ3n) is 7.63. The van der Waals surface area contributed by atoms with Crippen molar-refractivity contribution in [2.75, 3.05) is 36.8 Å². The van der Waals surface area contributed by atoms with Crippen molar-refractivity contribution in [3.05, 3.63) is 34.4 Å². The van der Waals surface area contributed by atoms with Crippen LogP contribution in [0.15, 0.2) is 24.3 Å². The first-order chi connectivity index (χ1) is 13.6. The SMILES string of the molecule is CC1(C)[C@H]2CCC1(CS(=O)(=O)N1CCN(c3ccc([N+](=O)[O-])cc3)CC1)C(=O)C2. The Morgan fingerprint density at radius 3 is 2.24 bits per heavy atom. The molecule has 2 bridgehead atoms. The third kappa shape index (κ3) is 3.15. The van der Waals surface area contributed by atoms with Crippen LogP contribution in [0, 0.1) is 26.9 Å². The van der Waals surface area contributed by atoms with Crippen LogP contribution in [0.1, 0.15) is 33.1 Å². The highest BCUT2D eigenvalue weighted by molar-refractivity contribution is 7.89. The standard InChI is InChI=1S/C20H27N3O5S/c1-19(2)15-7-8-20(19,18(24)13-15)14-29(27,28)22-11-9-21(10-12-22)16-3-5-17(6-4-16)23(25)26/h3-6,15H,7-14H2,1-2H3/t15-,20?/m0/s1. The van der Waals surface area contributed by atoms with E-state index in [0.717, 1.165) is 12.1 Å². The maximum absolute atomic E-state index is 13.2. The van der Waals surface area contributed by atoms with Crippen LogP contribution in [0.4, 0.5) is 11.4 Å². The zero-order valence-corrected chi connectivity index (χ0v) is 17.7. The van der Waals surface area contributed by atoms with Crippen LogP contribution >= 0.6 is 0 Å². The zero-order valence-electron chi connectivity index (χ0n) is 16.8. The average Bonchev–Trinajstić information content (AvgIpc) is 3.02. The monoisotopic (exact) mass is 421 g/mol. The molecule has 8 nitrogen and oxygen atoms in total. The molecule has 158 valence electrons. The lowest BCUT2D eigenvalue weighted by atomic mass is 9.70. The summed E-state index contributed by atoms with van der Waals surface area (Å²) in [5, 5.41) is 10.8. The minimum absolute atomic E-state index is 0.0351. The number of piperazine rings is 1. The van der Waals surface area contributed by atoms with E-state index in [9.17, 15) is 23.3 Å². The van der Waals surface area contributed by atoms with E-state index in [2.05, 4.69) is 13.8 Å². The number of Topliss-reactive ketones (excluding diaryl/α,β-unsaturated/α-hetero) is 1. The van der Waals surface area contributed by atoms with Crippen molar-refractivity contribution in [3.8, 4) is 0 Å². The number of nitrogens with zero attached hydrogens (tertiary/aromatic N) is 3. The summed E-state index contributed by atoms with van der Waals surface area (Å²) in [5.74, 6) is 0.330. The number of hydrogen-bond acceptors (Lipinski definition) is 6. The number of anilines is 1. The predicted octanol–water partition coefficient (Wildman–Crippen LogP) is 2.44. The Morgan fingerprint density at radius 2 is 1.76 bits per heavy atom. The Kier molecular flexibility index (Phi) is 4.73. The normalized spacial score (nSPS) is 29.4. The number of carbonyl (C=O) groups is 1. The molecule has 1 aliphatic heterocycles. The highest BCUT2D eigenvalue weighted by atomic mass is 32.2. The van der Waals surface area contributed by atoms with E-state index in [4.69, 9.17) is 0 Å². The summed E-state index contributed by atoms with van der Waals surface area (Å²) >= 11 is 0. The van der Waals surface area contributed by atoms with Gasteiger partial charge in [-0.2, -0.15) is 4.31 Å². The van der Waals surface area contributed by atoms with Crippen molar-refractivity contribution in [2.24, 2.45) is 16.7 Å². The maximum atomic E-state index is 13.2. The molecule has 0 spiro atoms. The van der Waals surface area contributed by atoms with Gasteiger partial charge in [0.2, 0.25) is 10.0 Å². The molecule has 4 rings (SSSR count). The van der Waals surface area contributed by atoms with E-state index in [1.165, 1.54) is 16.4 Å². The van der Waals surface area contributed by atoms with Gasteiger partial charge in [-0.05, 0) is 36.3 Å². The summed E-state index contributed by atoms with van der Waals surface area (Å²) in [6, 6.07) is 6.31. The van der Waals surface area contributed by atoms with Crippen LogP contribution in [0.2, 0.25) is 0 Å². The Labute approximate surface area is 171 Å². The van der Waals surface area contributed by atoms with Crippen molar-refractivity contribution in [1.29, 1.82) is 0 Å². The number of ketones is 1. The molecule has 3 aliphatic rings. The number of hydrogen-bond donors (Lipinski definition) is 0. The molecule has 2 atom stereocenters. The summed E-state index contributed by atoms with van der Waals surface area (Å²) in [4.78, 5) is 25.1. The smallest absolute Gasteiger partial charge is 0.269 e. The highest BCUT2D eigenvalue weighted by Crippen LogP contribution is 2.64. The summed E-state index contributed by atoms with van der Waals surface area (Å²) in [6.45, 7) is 5.85. The average molecular weight is 422 g/mol. The van der Waals surface area contributed by atoms with Gasteiger partial charge < -0.3 is 4.90 Å². The second kappa shape index (κ2) is 6.77. The van der Waals surface area contributed by atoms with Crippen LogP contribution in [-0.4, -0.2) is 55.4 Å². The molecule has 0 amide bonds. The second-order valence-corrected chi connectivity index (χ2v) is 11.1. The molecule has 1 heterocycles. The van der Waals surface area contributed by atoms with Crippen LogP contribution in [-0.2, 0) is 14.8 Å². The number of nitro groups is 1. The number of non-ortho nitro benzene ring substituents is 1.